The number of likely N-dealkylation sites (N-methyl/N-ethyl adjacent to an activating group) is 1. The zero-order chi connectivity index (χ0) is 19.1. The summed E-state index contributed by atoms with van der Waals surface area (Å²) in [6.07, 6.45) is 4.46. The number of hydrogen-bond donors (Lipinski definition) is 1. The largest absolute Gasteiger partial charge is 0.495 e. The molecule has 1 aliphatic heterocycles. The predicted molar refractivity (Wildman–Crippen MR) is 104 cm³/mol. The van der Waals surface area contributed by atoms with Gasteiger partial charge in [0.2, 0.25) is 11.8 Å². The van der Waals surface area contributed by atoms with Crippen molar-refractivity contribution in [3.8, 4) is 5.75 Å². The van der Waals surface area contributed by atoms with Crippen LogP contribution >= 0.6 is 11.6 Å². The van der Waals surface area contributed by atoms with E-state index < -0.39 is 0 Å². The highest BCUT2D eigenvalue weighted by Crippen LogP contribution is 2.27. The van der Waals surface area contributed by atoms with Crippen LogP contribution in [0.3, 0.4) is 0 Å². The Kier molecular flexibility index (Phi) is 7.72. The van der Waals surface area contributed by atoms with Gasteiger partial charge in [-0.1, -0.05) is 24.4 Å². The number of carbonyl (C=O) groups is 2. The fourth-order valence-corrected chi connectivity index (χ4v) is 3.25. The normalized spacial score (nSPS) is 16.1. The monoisotopic (exact) mass is 381 g/mol. The van der Waals surface area contributed by atoms with Crippen LogP contribution in [0.15, 0.2) is 18.2 Å². The van der Waals surface area contributed by atoms with Crippen molar-refractivity contribution in [1.29, 1.82) is 0 Å². The topological polar surface area (TPSA) is 61.9 Å². The van der Waals surface area contributed by atoms with E-state index in [1.54, 1.807) is 30.1 Å². The molecule has 7 heteroatoms. The first-order chi connectivity index (χ1) is 12.4. The molecule has 6 nitrogen and oxygen atoms in total. The minimum Gasteiger partial charge on any atom is -0.495 e. The number of halogens is 1. The van der Waals surface area contributed by atoms with Gasteiger partial charge in [-0.05, 0) is 45.0 Å². The Hall–Kier alpha value is -1.79. The predicted octanol–water partition coefficient (Wildman–Crippen LogP) is 3.01. The molecule has 2 rings (SSSR count). The molecule has 1 atom stereocenters. The van der Waals surface area contributed by atoms with Crippen LogP contribution in [0.5, 0.6) is 5.75 Å². The van der Waals surface area contributed by atoms with Gasteiger partial charge in [0.25, 0.3) is 0 Å². The third-order valence-electron chi connectivity index (χ3n) is 4.76. The van der Waals surface area contributed by atoms with Gasteiger partial charge >= 0.3 is 0 Å². The maximum Gasteiger partial charge on any atom is 0.239 e. The summed E-state index contributed by atoms with van der Waals surface area (Å²) in [6, 6.07) is 4.70. The smallest absolute Gasteiger partial charge is 0.239 e. The third kappa shape index (κ3) is 5.61. The Morgan fingerprint density at radius 1 is 1.27 bits per heavy atom. The van der Waals surface area contributed by atoms with E-state index in [0.29, 0.717) is 16.5 Å². The molecule has 0 aromatic heterocycles. The highest BCUT2D eigenvalue weighted by atomic mass is 35.5. The lowest BCUT2D eigenvalue weighted by Crippen LogP contribution is -2.48. The molecule has 0 saturated carbocycles. The van der Waals surface area contributed by atoms with E-state index in [9.17, 15) is 9.59 Å². The Morgan fingerprint density at radius 3 is 2.54 bits per heavy atom. The lowest BCUT2D eigenvalue weighted by molar-refractivity contribution is -0.136. The van der Waals surface area contributed by atoms with Gasteiger partial charge < -0.3 is 15.0 Å². The number of nitrogens with one attached hydrogen (secondary N) is 1. The summed E-state index contributed by atoms with van der Waals surface area (Å²) >= 11 is 5.99. The van der Waals surface area contributed by atoms with E-state index in [-0.39, 0.29) is 24.4 Å². The van der Waals surface area contributed by atoms with Crippen LogP contribution in [-0.4, -0.2) is 61.4 Å². The van der Waals surface area contributed by atoms with Crippen LogP contribution in [0.4, 0.5) is 5.69 Å². The molecule has 26 heavy (non-hydrogen) atoms. The number of benzene rings is 1. The maximum absolute atomic E-state index is 12.7. The standard InChI is InChI=1S/C19H28ClN3O3/c1-14(19(25)23-10-6-4-5-7-11-23)22(2)13-18(24)21-16-12-15(20)8-9-17(16)26-3/h8-9,12,14H,4-7,10-11,13H2,1-3H3,(H,21,24). The second-order valence-electron chi connectivity index (χ2n) is 6.72. The van der Waals surface area contributed by atoms with Crippen LogP contribution in [0.25, 0.3) is 0 Å². The van der Waals surface area contributed by atoms with Crippen LogP contribution in [0.1, 0.15) is 32.6 Å². The van der Waals surface area contributed by atoms with Crippen molar-refractivity contribution in [3.63, 3.8) is 0 Å². The summed E-state index contributed by atoms with van der Waals surface area (Å²) < 4.78 is 5.24. The molecule has 1 heterocycles. The summed E-state index contributed by atoms with van der Waals surface area (Å²) in [5.74, 6) is 0.408. The zero-order valence-corrected chi connectivity index (χ0v) is 16.5. The third-order valence-corrected chi connectivity index (χ3v) is 5.00. The first-order valence-corrected chi connectivity index (χ1v) is 9.42. The first-order valence-electron chi connectivity index (χ1n) is 9.04. The molecular weight excluding hydrogens is 354 g/mol. The Morgan fingerprint density at radius 2 is 1.92 bits per heavy atom. The Labute approximate surface area is 160 Å². The van der Waals surface area contributed by atoms with Crippen LogP contribution in [0, 0.1) is 0 Å². The summed E-state index contributed by atoms with van der Waals surface area (Å²) in [6.45, 7) is 3.57. The van der Waals surface area contributed by atoms with Gasteiger partial charge in [0.05, 0.1) is 25.4 Å². The number of hydrogen-bond acceptors (Lipinski definition) is 4. The minimum absolute atomic E-state index is 0.0857. The Balaban J connectivity index is 1.93. The summed E-state index contributed by atoms with van der Waals surface area (Å²) in [5, 5.41) is 3.31. The van der Waals surface area contributed by atoms with E-state index in [1.807, 2.05) is 11.8 Å². The van der Waals surface area contributed by atoms with Crippen molar-refractivity contribution in [2.24, 2.45) is 0 Å². The summed E-state index contributed by atoms with van der Waals surface area (Å²) in [7, 11) is 3.32. The molecular formula is C19H28ClN3O3. The van der Waals surface area contributed by atoms with E-state index in [1.165, 1.54) is 20.0 Å². The van der Waals surface area contributed by atoms with E-state index in [0.717, 1.165) is 25.9 Å². The summed E-state index contributed by atoms with van der Waals surface area (Å²) in [5.41, 5.74) is 0.518. The molecule has 1 unspecified atom stereocenters. The maximum atomic E-state index is 12.7. The number of anilines is 1. The van der Waals surface area contributed by atoms with Gasteiger partial charge in [0.15, 0.2) is 0 Å². The SMILES string of the molecule is COc1ccc(Cl)cc1NC(=O)CN(C)C(C)C(=O)N1CCCCCC1. The quantitative estimate of drug-likeness (QED) is 0.822. The molecule has 1 aromatic carbocycles. The minimum atomic E-state index is -0.347. The summed E-state index contributed by atoms with van der Waals surface area (Å²) in [4.78, 5) is 28.8. The molecule has 0 spiro atoms. The number of nitrogens with zero attached hydrogens (tertiary/aromatic N) is 2. The van der Waals surface area contributed by atoms with Crippen molar-refractivity contribution in [2.45, 2.75) is 38.6 Å². The molecule has 2 amide bonds. The zero-order valence-electron chi connectivity index (χ0n) is 15.8. The number of amides is 2. The second kappa shape index (κ2) is 9.78. The van der Waals surface area contributed by atoms with Crippen molar-refractivity contribution >= 4 is 29.1 Å². The van der Waals surface area contributed by atoms with Gasteiger partial charge in [-0.15, -0.1) is 0 Å². The van der Waals surface area contributed by atoms with Crippen LogP contribution in [-0.2, 0) is 9.59 Å². The Bertz CT molecular complexity index is 630. The average Bonchev–Trinajstić information content (AvgIpc) is 2.89. The number of rotatable bonds is 6. The average molecular weight is 382 g/mol. The molecule has 1 saturated heterocycles. The number of carbonyl (C=O) groups excluding carboxylic acids is 2. The molecule has 0 bridgehead atoms. The molecule has 1 fully saturated rings. The second-order valence-corrected chi connectivity index (χ2v) is 7.16. The molecule has 1 N–H and O–H groups in total. The number of ether oxygens (including phenoxy) is 1. The lowest BCUT2D eigenvalue weighted by atomic mass is 10.2. The fraction of sp³-hybridized carbons (Fsp3) is 0.579. The van der Waals surface area contributed by atoms with Gasteiger partial charge in [-0.2, -0.15) is 0 Å². The molecule has 0 radical (unpaired) electrons. The van der Waals surface area contributed by atoms with Gasteiger partial charge in [0, 0.05) is 18.1 Å². The van der Waals surface area contributed by atoms with Crippen molar-refractivity contribution in [1.82, 2.24) is 9.80 Å². The molecule has 144 valence electrons. The lowest BCUT2D eigenvalue weighted by Gasteiger charge is -2.29. The highest BCUT2D eigenvalue weighted by Gasteiger charge is 2.25. The van der Waals surface area contributed by atoms with Crippen molar-refractivity contribution in [3.05, 3.63) is 23.2 Å². The van der Waals surface area contributed by atoms with Gasteiger partial charge in [-0.3, -0.25) is 14.5 Å². The first kappa shape index (κ1) is 20.5. The van der Waals surface area contributed by atoms with E-state index in [4.69, 9.17) is 16.3 Å². The van der Waals surface area contributed by atoms with Crippen molar-refractivity contribution in [2.75, 3.05) is 39.1 Å². The van der Waals surface area contributed by atoms with E-state index in [2.05, 4.69) is 5.32 Å². The van der Waals surface area contributed by atoms with Gasteiger partial charge in [-0.25, -0.2) is 0 Å². The highest BCUT2D eigenvalue weighted by molar-refractivity contribution is 6.31. The molecule has 1 aliphatic rings. The van der Waals surface area contributed by atoms with Crippen LogP contribution in [0.2, 0.25) is 5.02 Å². The molecule has 1 aromatic rings. The van der Waals surface area contributed by atoms with Gasteiger partial charge in [0.1, 0.15) is 5.75 Å². The molecule has 0 aliphatic carbocycles. The van der Waals surface area contributed by atoms with Crippen molar-refractivity contribution < 1.29 is 14.3 Å². The van der Waals surface area contributed by atoms with Crippen LogP contribution < -0.4 is 10.1 Å². The fourth-order valence-electron chi connectivity index (χ4n) is 3.07. The number of likely N-dealkylation sites (tertiary alicyclic amines) is 1. The number of methoxy groups -OCH3 is 1. The van der Waals surface area contributed by atoms with E-state index >= 15 is 0 Å².